The molecule has 0 bridgehead atoms. The number of esters is 1. The van der Waals surface area contributed by atoms with Crippen LogP contribution in [0.5, 0.6) is 0 Å². The number of rotatable bonds is 6. The monoisotopic (exact) mass is 405 g/mol. The number of ether oxygens (including phenoxy) is 2. The molecule has 2 rings (SSSR count). The number of halogens is 1. The Balaban J connectivity index is 2.06. The molecule has 150 valence electrons. The molecule has 2 atom stereocenters. The van der Waals surface area contributed by atoms with Crippen LogP contribution in [0.3, 0.4) is 0 Å². The molecule has 0 aliphatic heterocycles. The Labute approximate surface area is 169 Å². The number of hydrogen-bond donors (Lipinski definition) is 2. The first-order chi connectivity index (χ1) is 13.2. The van der Waals surface area contributed by atoms with Gasteiger partial charge in [0.05, 0.1) is 11.6 Å². The summed E-state index contributed by atoms with van der Waals surface area (Å²) in [5.74, 6) is -0.597. The maximum absolute atomic E-state index is 12.2. The molecule has 0 aromatic heterocycles. The number of aliphatic hydroxyl groups excluding tert-OH is 1. The lowest BCUT2D eigenvalue weighted by molar-refractivity contribution is 0.0103. The molecule has 0 aliphatic carbocycles. The maximum atomic E-state index is 12.2. The van der Waals surface area contributed by atoms with E-state index in [4.69, 9.17) is 21.1 Å². The fourth-order valence-corrected chi connectivity index (χ4v) is 2.55. The third-order valence-corrected chi connectivity index (χ3v) is 3.93. The standard InChI is InChI=1S/C21H24ClNO5/c1-21(2,3)28-20(26)23-18(14-7-5-4-6-8-14)17(24)13-27-19(25)15-9-11-16(22)12-10-15/h4-12,17-18,24H,13H2,1-3H3,(H,23,26). The van der Waals surface area contributed by atoms with Crippen LogP contribution in [0.4, 0.5) is 4.79 Å². The Morgan fingerprint density at radius 1 is 1.07 bits per heavy atom. The van der Waals surface area contributed by atoms with Crippen molar-refractivity contribution in [1.82, 2.24) is 5.32 Å². The fourth-order valence-electron chi connectivity index (χ4n) is 2.42. The van der Waals surface area contributed by atoms with Gasteiger partial charge < -0.3 is 19.9 Å². The summed E-state index contributed by atoms with van der Waals surface area (Å²) in [6, 6.07) is 14.3. The topological polar surface area (TPSA) is 84.9 Å². The highest BCUT2D eigenvalue weighted by Gasteiger charge is 2.27. The molecule has 2 N–H and O–H groups in total. The zero-order valence-electron chi connectivity index (χ0n) is 16.0. The number of carbonyl (C=O) groups is 2. The highest BCUT2D eigenvalue weighted by molar-refractivity contribution is 6.30. The third-order valence-electron chi connectivity index (χ3n) is 3.68. The normalized spacial score (nSPS) is 13.3. The molecule has 2 aromatic carbocycles. The number of nitrogens with one attached hydrogen (secondary N) is 1. The summed E-state index contributed by atoms with van der Waals surface area (Å²) in [6.45, 7) is 4.92. The van der Waals surface area contributed by atoms with Gasteiger partial charge in [0.1, 0.15) is 18.3 Å². The van der Waals surface area contributed by atoms with E-state index in [1.165, 1.54) is 12.1 Å². The van der Waals surface area contributed by atoms with Crippen LogP contribution in [-0.2, 0) is 9.47 Å². The largest absolute Gasteiger partial charge is 0.459 e. The molecule has 0 saturated carbocycles. The first kappa shape index (κ1) is 21.7. The van der Waals surface area contributed by atoms with Crippen molar-refractivity contribution in [2.45, 2.75) is 38.5 Å². The van der Waals surface area contributed by atoms with Crippen molar-refractivity contribution in [1.29, 1.82) is 0 Å². The van der Waals surface area contributed by atoms with Crippen LogP contribution >= 0.6 is 11.6 Å². The minimum atomic E-state index is -1.17. The van der Waals surface area contributed by atoms with Crippen molar-refractivity contribution < 1.29 is 24.2 Å². The summed E-state index contributed by atoms with van der Waals surface area (Å²) in [7, 11) is 0. The smallest absolute Gasteiger partial charge is 0.408 e. The van der Waals surface area contributed by atoms with Crippen LogP contribution in [-0.4, -0.2) is 35.5 Å². The van der Waals surface area contributed by atoms with Crippen molar-refractivity contribution in [3.63, 3.8) is 0 Å². The van der Waals surface area contributed by atoms with Crippen molar-refractivity contribution in [3.8, 4) is 0 Å². The van der Waals surface area contributed by atoms with Gasteiger partial charge in [-0.15, -0.1) is 0 Å². The van der Waals surface area contributed by atoms with Gasteiger partial charge in [-0.25, -0.2) is 9.59 Å². The predicted molar refractivity (Wildman–Crippen MR) is 106 cm³/mol. The van der Waals surface area contributed by atoms with E-state index in [0.717, 1.165) is 0 Å². The van der Waals surface area contributed by atoms with Crippen LogP contribution < -0.4 is 5.32 Å². The molecule has 0 radical (unpaired) electrons. The van der Waals surface area contributed by atoms with Crippen LogP contribution in [0.2, 0.25) is 5.02 Å². The van der Waals surface area contributed by atoms with E-state index >= 15 is 0 Å². The fraction of sp³-hybridized carbons (Fsp3) is 0.333. The molecule has 1 amide bonds. The van der Waals surface area contributed by atoms with Crippen molar-refractivity contribution in [2.75, 3.05) is 6.61 Å². The van der Waals surface area contributed by atoms with E-state index in [1.54, 1.807) is 57.2 Å². The second-order valence-electron chi connectivity index (χ2n) is 7.21. The van der Waals surface area contributed by atoms with Gasteiger partial charge in [0.2, 0.25) is 0 Å². The molecule has 0 spiro atoms. The first-order valence-corrected chi connectivity index (χ1v) is 9.19. The highest BCUT2D eigenvalue weighted by Crippen LogP contribution is 2.19. The summed E-state index contributed by atoms with van der Waals surface area (Å²) in [5.41, 5.74) is 0.286. The van der Waals surface area contributed by atoms with Crippen LogP contribution in [0, 0.1) is 0 Å². The van der Waals surface area contributed by atoms with Gasteiger partial charge >= 0.3 is 12.1 Å². The molecule has 2 unspecified atom stereocenters. The Bertz CT molecular complexity index is 787. The first-order valence-electron chi connectivity index (χ1n) is 8.81. The van der Waals surface area contributed by atoms with Crippen molar-refractivity contribution in [3.05, 3.63) is 70.7 Å². The summed E-state index contributed by atoms with van der Waals surface area (Å²) < 4.78 is 10.5. The van der Waals surface area contributed by atoms with Gasteiger partial charge in [-0.1, -0.05) is 41.9 Å². The Morgan fingerprint density at radius 2 is 1.68 bits per heavy atom. The quantitative estimate of drug-likeness (QED) is 0.706. The van der Waals surface area contributed by atoms with Gasteiger partial charge in [0.15, 0.2) is 0 Å². The third kappa shape index (κ3) is 6.87. The molecule has 2 aromatic rings. The lowest BCUT2D eigenvalue weighted by Crippen LogP contribution is -2.41. The lowest BCUT2D eigenvalue weighted by Gasteiger charge is -2.27. The summed E-state index contributed by atoms with van der Waals surface area (Å²) >= 11 is 5.80. The van der Waals surface area contributed by atoms with Gasteiger partial charge in [0, 0.05) is 5.02 Å². The molecule has 6 nitrogen and oxygen atoms in total. The molecule has 0 heterocycles. The van der Waals surface area contributed by atoms with Gasteiger partial charge in [-0.2, -0.15) is 0 Å². The van der Waals surface area contributed by atoms with E-state index in [0.29, 0.717) is 16.1 Å². The number of benzene rings is 2. The van der Waals surface area contributed by atoms with E-state index in [9.17, 15) is 14.7 Å². The molecule has 7 heteroatoms. The average molecular weight is 406 g/mol. The Hall–Kier alpha value is -2.57. The summed E-state index contributed by atoms with van der Waals surface area (Å²) in [5, 5.41) is 13.7. The molecular formula is C21H24ClNO5. The lowest BCUT2D eigenvalue weighted by atomic mass is 10.0. The van der Waals surface area contributed by atoms with Crippen molar-refractivity contribution >= 4 is 23.7 Å². The summed E-state index contributed by atoms with van der Waals surface area (Å²) in [4.78, 5) is 24.3. The molecule has 0 saturated heterocycles. The zero-order valence-corrected chi connectivity index (χ0v) is 16.8. The van der Waals surface area contributed by atoms with Crippen LogP contribution in [0.25, 0.3) is 0 Å². The predicted octanol–water partition coefficient (Wildman–Crippen LogP) is 4.12. The average Bonchev–Trinajstić information content (AvgIpc) is 2.64. The Kier molecular flexibility index (Phi) is 7.43. The van der Waals surface area contributed by atoms with Gasteiger partial charge in [-0.05, 0) is 50.6 Å². The van der Waals surface area contributed by atoms with E-state index < -0.39 is 29.8 Å². The van der Waals surface area contributed by atoms with E-state index in [1.807, 2.05) is 6.07 Å². The van der Waals surface area contributed by atoms with E-state index in [2.05, 4.69) is 5.32 Å². The molecule has 0 fully saturated rings. The van der Waals surface area contributed by atoms with E-state index in [-0.39, 0.29) is 6.61 Å². The maximum Gasteiger partial charge on any atom is 0.408 e. The zero-order chi connectivity index (χ0) is 20.7. The second-order valence-corrected chi connectivity index (χ2v) is 7.64. The molecule has 0 aliphatic rings. The minimum Gasteiger partial charge on any atom is -0.459 e. The number of alkyl carbamates (subject to hydrolysis) is 1. The van der Waals surface area contributed by atoms with Crippen molar-refractivity contribution in [2.24, 2.45) is 0 Å². The minimum absolute atomic E-state index is 0.309. The van der Waals surface area contributed by atoms with Crippen LogP contribution in [0.15, 0.2) is 54.6 Å². The number of amides is 1. The highest BCUT2D eigenvalue weighted by atomic mass is 35.5. The number of hydrogen-bond acceptors (Lipinski definition) is 5. The SMILES string of the molecule is CC(C)(C)OC(=O)NC(c1ccccc1)C(O)COC(=O)c1ccc(Cl)cc1. The summed E-state index contributed by atoms with van der Waals surface area (Å²) in [6.07, 6.45) is -1.85. The molecular weight excluding hydrogens is 382 g/mol. The second kappa shape index (κ2) is 9.57. The molecule has 28 heavy (non-hydrogen) atoms. The van der Waals surface area contributed by atoms with Gasteiger partial charge in [0.25, 0.3) is 0 Å². The number of aliphatic hydroxyl groups is 1. The Morgan fingerprint density at radius 3 is 2.25 bits per heavy atom. The number of carbonyl (C=O) groups excluding carboxylic acids is 2. The van der Waals surface area contributed by atoms with Gasteiger partial charge in [-0.3, -0.25) is 0 Å². The van der Waals surface area contributed by atoms with Crippen LogP contribution in [0.1, 0.15) is 42.7 Å².